The van der Waals surface area contributed by atoms with Crippen LogP contribution in [0.2, 0.25) is 5.02 Å². The zero-order chi connectivity index (χ0) is 14.7. The molecule has 0 saturated heterocycles. The summed E-state index contributed by atoms with van der Waals surface area (Å²) in [5, 5.41) is 0.798. The molecule has 0 amide bonds. The van der Waals surface area contributed by atoms with Crippen LogP contribution in [0.25, 0.3) is 0 Å². The van der Waals surface area contributed by atoms with Gasteiger partial charge < -0.3 is 5.73 Å². The molecule has 2 aromatic rings. The molecule has 2 N–H and O–H groups in total. The van der Waals surface area contributed by atoms with Crippen LogP contribution in [0.3, 0.4) is 0 Å². The topological polar surface area (TPSA) is 29.3 Å². The molecule has 1 unspecified atom stereocenters. The van der Waals surface area contributed by atoms with E-state index in [-0.39, 0.29) is 6.04 Å². The second-order valence-electron chi connectivity index (χ2n) is 4.92. The maximum Gasteiger partial charge on any atom is 0.0453 e. The van der Waals surface area contributed by atoms with E-state index < -0.39 is 0 Å². The second kappa shape index (κ2) is 6.61. The van der Waals surface area contributed by atoms with E-state index in [4.69, 9.17) is 17.3 Å². The van der Waals surface area contributed by atoms with E-state index in [0.717, 1.165) is 32.9 Å². The van der Waals surface area contributed by atoms with Gasteiger partial charge in [0, 0.05) is 33.3 Å². The number of nitrogens with zero attached hydrogens (tertiary/aromatic N) is 1. The summed E-state index contributed by atoms with van der Waals surface area (Å²) in [5.74, 6) is 0. The fourth-order valence-electron chi connectivity index (χ4n) is 2.18. The number of rotatable bonds is 4. The highest BCUT2D eigenvalue weighted by molar-refractivity contribution is 9.10. The molecule has 0 saturated carbocycles. The largest absolute Gasteiger partial charge is 0.398 e. The van der Waals surface area contributed by atoms with Gasteiger partial charge in [0.25, 0.3) is 0 Å². The van der Waals surface area contributed by atoms with Crippen LogP contribution in [-0.2, 0) is 6.54 Å². The molecule has 20 heavy (non-hydrogen) atoms. The SMILES string of the molecule is CC(c1ccccc1Cl)N(C)Cc1c(N)cccc1Br. The number of benzene rings is 2. The van der Waals surface area contributed by atoms with Crippen molar-refractivity contribution in [1.29, 1.82) is 0 Å². The van der Waals surface area contributed by atoms with Crippen molar-refractivity contribution in [3.05, 3.63) is 63.1 Å². The summed E-state index contributed by atoms with van der Waals surface area (Å²) in [6, 6.07) is 14.0. The first kappa shape index (κ1) is 15.4. The Hall–Kier alpha value is -1.03. The first-order valence-electron chi connectivity index (χ1n) is 6.48. The first-order chi connectivity index (χ1) is 9.50. The van der Waals surface area contributed by atoms with Gasteiger partial charge in [0.2, 0.25) is 0 Å². The molecular weight excluding hydrogens is 336 g/mol. The second-order valence-corrected chi connectivity index (χ2v) is 6.18. The highest BCUT2D eigenvalue weighted by Gasteiger charge is 2.16. The number of halogens is 2. The minimum atomic E-state index is 0.218. The fourth-order valence-corrected chi connectivity index (χ4v) is 2.98. The van der Waals surface area contributed by atoms with Crippen molar-refractivity contribution in [3.63, 3.8) is 0 Å². The Kier molecular flexibility index (Phi) is 5.08. The van der Waals surface area contributed by atoms with Crippen molar-refractivity contribution < 1.29 is 0 Å². The average Bonchev–Trinajstić information content (AvgIpc) is 2.42. The minimum absolute atomic E-state index is 0.218. The molecule has 2 aromatic carbocycles. The molecule has 4 heteroatoms. The zero-order valence-corrected chi connectivity index (χ0v) is 13.9. The lowest BCUT2D eigenvalue weighted by atomic mass is 10.1. The molecule has 0 aliphatic heterocycles. The van der Waals surface area contributed by atoms with Crippen molar-refractivity contribution >= 4 is 33.2 Å². The predicted molar refractivity (Wildman–Crippen MR) is 89.9 cm³/mol. The fraction of sp³-hybridized carbons (Fsp3) is 0.250. The van der Waals surface area contributed by atoms with Gasteiger partial charge in [-0.05, 0) is 37.7 Å². The lowest BCUT2D eigenvalue weighted by molar-refractivity contribution is 0.253. The standard InChI is InChI=1S/C16H18BrClN2/c1-11(12-6-3-4-8-15(12)18)20(2)10-13-14(17)7-5-9-16(13)19/h3-9,11H,10,19H2,1-2H3. The molecule has 0 aromatic heterocycles. The predicted octanol–water partition coefficient (Wildman–Crippen LogP) is 4.88. The summed E-state index contributed by atoms with van der Waals surface area (Å²) in [7, 11) is 2.08. The third-order valence-corrected chi connectivity index (χ3v) is 4.67. The van der Waals surface area contributed by atoms with Crippen molar-refractivity contribution in [3.8, 4) is 0 Å². The number of nitrogen functional groups attached to an aromatic ring is 1. The quantitative estimate of drug-likeness (QED) is 0.794. The highest BCUT2D eigenvalue weighted by atomic mass is 79.9. The Labute approximate surface area is 133 Å². The van der Waals surface area contributed by atoms with Crippen LogP contribution in [0.5, 0.6) is 0 Å². The third-order valence-electron chi connectivity index (χ3n) is 3.58. The molecule has 2 nitrogen and oxygen atoms in total. The number of nitrogens with two attached hydrogens (primary N) is 1. The number of hydrogen-bond acceptors (Lipinski definition) is 2. The van der Waals surface area contributed by atoms with Gasteiger partial charge in [-0.3, -0.25) is 4.90 Å². The molecule has 106 valence electrons. The van der Waals surface area contributed by atoms with E-state index in [1.807, 2.05) is 36.4 Å². The van der Waals surface area contributed by atoms with Gasteiger partial charge >= 0.3 is 0 Å². The van der Waals surface area contributed by atoms with Crippen molar-refractivity contribution in [2.24, 2.45) is 0 Å². The van der Waals surface area contributed by atoms with E-state index >= 15 is 0 Å². The zero-order valence-electron chi connectivity index (χ0n) is 11.6. The molecule has 2 rings (SSSR count). The number of hydrogen-bond donors (Lipinski definition) is 1. The molecular formula is C16H18BrClN2. The molecule has 0 heterocycles. The maximum atomic E-state index is 6.27. The Morgan fingerprint density at radius 1 is 1.20 bits per heavy atom. The van der Waals surface area contributed by atoms with E-state index in [1.165, 1.54) is 0 Å². The summed E-state index contributed by atoms with van der Waals surface area (Å²) in [6.45, 7) is 2.91. The Bertz CT molecular complexity index is 581. The molecule has 0 bridgehead atoms. The van der Waals surface area contributed by atoms with E-state index in [1.54, 1.807) is 0 Å². The summed E-state index contributed by atoms with van der Waals surface area (Å²) in [5.41, 5.74) is 9.09. The number of anilines is 1. The van der Waals surface area contributed by atoms with Crippen molar-refractivity contribution in [2.75, 3.05) is 12.8 Å². The molecule has 0 aliphatic carbocycles. The van der Waals surface area contributed by atoms with E-state index in [9.17, 15) is 0 Å². The minimum Gasteiger partial charge on any atom is -0.398 e. The van der Waals surface area contributed by atoms with Crippen molar-refractivity contribution in [2.45, 2.75) is 19.5 Å². The summed E-state index contributed by atoms with van der Waals surface area (Å²) >= 11 is 9.83. The first-order valence-corrected chi connectivity index (χ1v) is 7.65. The van der Waals surface area contributed by atoms with Crippen LogP contribution < -0.4 is 5.73 Å². The Morgan fingerprint density at radius 3 is 2.55 bits per heavy atom. The normalized spacial score (nSPS) is 12.7. The Balaban J connectivity index is 2.20. The van der Waals surface area contributed by atoms with Gasteiger partial charge in [0.05, 0.1) is 0 Å². The average molecular weight is 354 g/mol. The van der Waals surface area contributed by atoms with Gasteiger partial charge in [0.15, 0.2) is 0 Å². The van der Waals surface area contributed by atoms with E-state index in [0.29, 0.717) is 0 Å². The lowest BCUT2D eigenvalue weighted by Crippen LogP contribution is -2.23. The van der Waals surface area contributed by atoms with Crippen LogP contribution >= 0.6 is 27.5 Å². The molecule has 1 atom stereocenters. The van der Waals surface area contributed by atoms with Gasteiger partial charge in [-0.15, -0.1) is 0 Å². The van der Waals surface area contributed by atoms with Crippen LogP contribution in [0.15, 0.2) is 46.9 Å². The van der Waals surface area contributed by atoms with Gasteiger partial charge in [-0.1, -0.05) is 51.8 Å². The van der Waals surface area contributed by atoms with Crippen LogP contribution in [0.1, 0.15) is 24.1 Å². The van der Waals surface area contributed by atoms with Crippen molar-refractivity contribution in [1.82, 2.24) is 4.90 Å². The molecule has 0 radical (unpaired) electrons. The summed E-state index contributed by atoms with van der Waals surface area (Å²) in [6.07, 6.45) is 0. The molecule has 0 fully saturated rings. The van der Waals surface area contributed by atoms with E-state index in [2.05, 4.69) is 40.9 Å². The summed E-state index contributed by atoms with van der Waals surface area (Å²) < 4.78 is 1.04. The maximum absolute atomic E-state index is 6.27. The molecule has 0 spiro atoms. The van der Waals surface area contributed by atoms with Gasteiger partial charge in [-0.2, -0.15) is 0 Å². The van der Waals surface area contributed by atoms with Gasteiger partial charge in [0.1, 0.15) is 0 Å². The van der Waals surface area contributed by atoms with Crippen LogP contribution in [-0.4, -0.2) is 11.9 Å². The smallest absolute Gasteiger partial charge is 0.0453 e. The Morgan fingerprint density at radius 2 is 1.90 bits per heavy atom. The van der Waals surface area contributed by atoms with Gasteiger partial charge in [-0.25, -0.2) is 0 Å². The van der Waals surface area contributed by atoms with Crippen LogP contribution in [0, 0.1) is 0 Å². The lowest BCUT2D eigenvalue weighted by Gasteiger charge is -2.26. The monoisotopic (exact) mass is 352 g/mol. The summed E-state index contributed by atoms with van der Waals surface area (Å²) in [4.78, 5) is 2.23. The molecule has 0 aliphatic rings. The third kappa shape index (κ3) is 3.35. The highest BCUT2D eigenvalue weighted by Crippen LogP contribution is 2.30. The van der Waals surface area contributed by atoms with Crippen LogP contribution in [0.4, 0.5) is 5.69 Å².